The molecule has 0 spiro atoms. The van der Waals surface area contributed by atoms with Crippen molar-refractivity contribution < 1.29 is 33.2 Å². The Morgan fingerprint density at radius 2 is 1.97 bits per heavy atom. The maximum Gasteiger partial charge on any atom is 0.338 e. The number of nitrogens with zero attached hydrogens (tertiary/aromatic N) is 3. The molecule has 0 bridgehead atoms. The molecule has 188 valence electrons. The molecule has 0 aliphatic carbocycles. The third-order valence-corrected chi connectivity index (χ3v) is 5.97. The number of hydrogen-bond donors (Lipinski definition) is 0. The lowest BCUT2D eigenvalue weighted by atomic mass is 10.0. The van der Waals surface area contributed by atoms with Gasteiger partial charge in [0.1, 0.15) is 12.4 Å². The number of benzene rings is 2. The minimum Gasteiger partial charge on any atom is -0.493 e. The predicted octanol–water partition coefficient (Wildman–Crippen LogP) is 3.92. The Balaban J connectivity index is 1.40. The molecule has 0 radical (unpaired) electrons. The van der Waals surface area contributed by atoms with Gasteiger partial charge in [0.2, 0.25) is 0 Å². The highest BCUT2D eigenvalue weighted by Gasteiger charge is 2.25. The number of hydrogen-bond acceptors (Lipinski definition) is 9. The van der Waals surface area contributed by atoms with Gasteiger partial charge in [0.05, 0.1) is 28.9 Å². The van der Waals surface area contributed by atoms with E-state index in [4.69, 9.17) is 18.7 Å². The normalized spacial score (nSPS) is 12.6. The average molecular weight is 495 g/mol. The zero-order chi connectivity index (χ0) is 25.8. The number of nitro groups is 1. The first-order valence-corrected chi connectivity index (χ1v) is 11.3. The van der Waals surface area contributed by atoms with Crippen LogP contribution < -0.4 is 14.4 Å². The summed E-state index contributed by atoms with van der Waals surface area (Å²) in [6, 6.07) is 8.97. The lowest BCUT2D eigenvalue weighted by molar-refractivity contribution is -0.384. The Kier molecular flexibility index (Phi) is 7.18. The summed E-state index contributed by atoms with van der Waals surface area (Å²) in [5.74, 6) is 0.300. The molecular weight excluding hydrogens is 470 g/mol. The van der Waals surface area contributed by atoms with Crippen LogP contribution in [0.25, 0.3) is 0 Å². The summed E-state index contributed by atoms with van der Waals surface area (Å²) in [5.41, 5.74) is 3.03. The van der Waals surface area contributed by atoms with Crippen LogP contribution in [0.3, 0.4) is 0 Å². The second-order valence-corrected chi connectivity index (χ2v) is 8.25. The Bertz CT molecular complexity index is 1300. The van der Waals surface area contributed by atoms with Gasteiger partial charge in [-0.2, -0.15) is 0 Å². The van der Waals surface area contributed by atoms with Crippen molar-refractivity contribution in [2.75, 3.05) is 25.2 Å². The monoisotopic (exact) mass is 495 g/mol. The van der Waals surface area contributed by atoms with Crippen LogP contribution in [0.1, 0.15) is 39.4 Å². The van der Waals surface area contributed by atoms with Crippen molar-refractivity contribution in [2.24, 2.45) is 0 Å². The zero-order valence-corrected chi connectivity index (χ0v) is 20.1. The fraction of sp³-hybridized carbons (Fsp3) is 0.320. The number of aromatic nitrogens is 1. The Hall–Kier alpha value is -4.41. The summed E-state index contributed by atoms with van der Waals surface area (Å²) < 4.78 is 21.6. The van der Waals surface area contributed by atoms with Crippen LogP contribution in [0.4, 0.5) is 11.4 Å². The summed E-state index contributed by atoms with van der Waals surface area (Å²) in [6.07, 6.45) is 1.28. The van der Waals surface area contributed by atoms with Crippen LogP contribution in [0.5, 0.6) is 11.5 Å². The van der Waals surface area contributed by atoms with Gasteiger partial charge in [0, 0.05) is 24.4 Å². The van der Waals surface area contributed by atoms with E-state index < -0.39 is 23.4 Å². The number of nitro benzene ring substituents is 1. The average Bonchev–Trinajstić information content (AvgIpc) is 3.21. The van der Waals surface area contributed by atoms with Gasteiger partial charge < -0.3 is 23.6 Å². The molecule has 4 rings (SSSR count). The summed E-state index contributed by atoms with van der Waals surface area (Å²) in [6.45, 7) is 3.80. The van der Waals surface area contributed by atoms with E-state index in [1.165, 1.54) is 36.3 Å². The maximum atomic E-state index is 12.8. The van der Waals surface area contributed by atoms with Crippen molar-refractivity contribution in [2.45, 2.75) is 33.3 Å². The van der Waals surface area contributed by atoms with E-state index in [9.17, 15) is 19.7 Å². The highest BCUT2D eigenvalue weighted by atomic mass is 16.6. The van der Waals surface area contributed by atoms with E-state index in [1.807, 2.05) is 6.92 Å². The number of ether oxygens (including phenoxy) is 3. The SMILES string of the molecule is COc1cc(C(=O)OCC(=O)N2CCCc3cc([N+](=O)[O-])ccc32)ccc1OCc1c(C)noc1C. The van der Waals surface area contributed by atoms with Crippen molar-refractivity contribution >= 4 is 23.3 Å². The third kappa shape index (κ3) is 5.14. The molecule has 3 aromatic rings. The molecule has 1 amide bonds. The van der Waals surface area contributed by atoms with Crippen molar-refractivity contribution in [3.63, 3.8) is 0 Å². The summed E-state index contributed by atoms with van der Waals surface area (Å²) in [4.78, 5) is 37.5. The number of anilines is 1. The van der Waals surface area contributed by atoms with Gasteiger partial charge in [-0.1, -0.05) is 5.16 Å². The molecular formula is C25H25N3O8. The molecule has 11 nitrogen and oxygen atoms in total. The van der Waals surface area contributed by atoms with Crippen LogP contribution in [-0.2, 0) is 22.6 Å². The van der Waals surface area contributed by atoms with Gasteiger partial charge in [0.25, 0.3) is 11.6 Å². The van der Waals surface area contributed by atoms with E-state index >= 15 is 0 Å². The van der Waals surface area contributed by atoms with E-state index in [2.05, 4.69) is 5.16 Å². The standard InChI is InChI=1S/C25H25N3O8/c1-15-20(16(2)36-26-15)13-34-22-9-6-18(12-23(22)33-3)25(30)35-14-24(29)27-10-4-5-17-11-19(28(31)32)7-8-21(17)27/h6-9,11-12H,4-5,10,13-14H2,1-3H3. The maximum absolute atomic E-state index is 12.8. The Morgan fingerprint density at radius 3 is 2.67 bits per heavy atom. The highest BCUT2D eigenvalue weighted by Crippen LogP contribution is 2.31. The predicted molar refractivity (Wildman–Crippen MR) is 127 cm³/mol. The first-order valence-electron chi connectivity index (χ1n) is 11.3. The molecule has 36 heavy (non-hydrogen) atoms. The van der Waals surface area contributed by atoms with Gasteiger partial charge in [0.15, 0.2) is 18.1 Å². The fourth-order valence-electron chi connectivity index (χ4n) is 4.02. The lowest BCUT2D eigenvalue weighted by Gasteiger charge is -2.29. The van der Waals surface area contributed by atoms with E-state index in [1.54, 1.807) is 19.1 Å². The van der Waals surface area contributed by atoms with E-state index in [-0.39, 0.29) is 17.9 Å². The molecule has 11 heteroatoms. The van der Waals surface area contributed by atoms with Crippen molar-refractivity contribution in [3.05, 3.63) is 74.7 Å². The van der Waals surface area contributed by atoms with Gasteiger partial charge >= 0.3 is 5.97 Å². The summed E-state index contributed by atoms with van der Waals surface area (Å²) >= 11 is 0. The summed E-state index contributed by atoms with van der Waals surface area (Å²) in [7, 11) is 1.45. The number of esters is 1. The smallest absolute Gasteiger partial charge is 0.338 e. The molecule has 0 N–H and O–H groups in total. The van der Waals surface area contributed by atoms with Crippen molar-refractivity contribution in [1.29, 1.82) is 0 Å². The number of non-ortho nitro benzene ring substituents is 1. The number of carbonyl (C=O) groups excluding carboxylic acids is 2. The first kappa shape index (κ1) is 24.7. The van der Waals surface area contributed by atoms with Crippen LogP contribution in [-0.4, -0.2) is 42.2 Å². The van der Waals surface area contributed by atoms with E-state index in [0.717, 1.165) is 11.3 Å². The van der Waals surface area contributed by atoms with Crippen LogP contribution >= 0.6 is 0 Å². The van der Waals surface area contributed by atoms with Crippen molar-refractivity contribution in [3.8, 4) is 11.5 Å². The fourth-order valence-corrected chi connectivity index (χ4v) is 4.02. The minimum absolute atomic E-state index is 0.0254. The van der Waals surface area contributed by atoms with E-state index in [0.29, 0.717) is 47.9 Å². The van der Waals surface area contributed by atoms with Crippen molar-refractivity contribution in [1.82, 2.24) is 5.16 Å². The van der Waals surface area contributed by atoms with Crippen LogP contribution in [0, 0.1) is 24.0 Å². The molecule has 2 heterocycles. The molecule has 0 saturated heterocycles. The van der Waals surface area contributed by atoms with Crippen LogP contribution in [0.2, 0.25) is 0 Å². The first-order chi connectivity index (χ1) is 17.3. The largest absolute Gasteiger partial charge is 0.493 e. The van der Waals surface area contributed by atoms with Gasteiger partial charge in [-0.3, -0.25) is 14.9 Å². The van der Waals surface area contributed by atoms with Gasteiger partial charge in [-0.15, -0.1) is 0 Å². The minimum atomic E-state index is -0.695. The topological polar surface area (TPSA) is 134 Å². The number of amides is 1. The molecule has 1 aromatic heterocycles. The molecule has 2 aromatic carbocycles. The quantitative estimate of drug-likeness (QED) is 0.259. The van der Waals surface area contributed by atoms with Gasteiger partial charge in [-0.25, -0.2) is 4.79 Å². The Morgan fingerprint density at radius 1 is 1.17 bits per heavy atom. The molecule has 0 atom stereocenters. The summed E-state index contributed by atoms with van der Waals surface area (Å²) in [5, 5.41) is 14.9. The second kappa shape index (κ2) is 10.5. The number of methoxy groups -OCH3 is 1. The number of rotatable bonds is 8. The highest BCUT2D eigenvalue weighted by molar-refractivity contribution is 5.98. The second-order valence-electron chi connectivity index (χ2n) is 8.25. The molecule has 0 saturated carbocycles. The zero-order valence-electron chi connectivity index (χ0n) is 20.1. The lowest BCUT2D eigenvalue weighted by Crippen LogP contribution is -2.38. The number of fused-ring (bicyclic) bond motifs is 1. The molecule has 0 unspecified atom stereocenters. The third-order valence-electron chi connectivity index (χ3n) is 5.97. The molecule has 0 fully saturated rings. The molecule has 1 aliphatic rings. The van der Waals surface area contributed by atoms with Gasteiger partial charge in [-0.05, 0) is 56.5 Å². The van der Waals surface area contributed by atoms with Crippen LogP contribution in [0.15, 0.2) is 40.9 Å². The number of aryl methyl sites for hydroxylation is 3. The Labute approximate surface area is 206 Å². The number of carbonyl (C=O) groups is 2. The molecule has 1 aliphatic heterocycles.